The number of aryl methyl sites for hydroxylation is 1. The molecule has 1 amide bonds. The molecular weight excluding hydrogens is 354 g/mol. The molecule has 0 saturated carbocycles. The second-order valence-corrected chi connectivity index (χ2v) is 6.98. The quantitative estimate of drug-likeness (QED) is 0.839. The summed E-state index contributed by atoms with van der Waals surface area (Å²) in [4.78, 5) is 24.8. The summed E-state index contributed by atoms with van der Waals surface area (Å²) in [6, 6.07) is 13.3. The van der Waals surface area contributed by atoms with Gasteiger partial charge < -0.3 is 14.7 Å². The third-order valence-corrected chi connectivity index (χ3v) is 4.66. The van der Waals surface area contributed by atoms with Gasteiger partial charge in [-0.15, -0.1) is 0 Å². The Labute approximate surface area is 157 Å². The Balaban J connectivity index is 1.74. The van der Waals surface area contributed by atoms with Gasteiger partial charge in [0.25, 0.3) is 0 Å². The third-order valence-electron chi connectivity index (χ3n) is 4.42. The molecule has 26 heavy (non-hydrogen) atoms. The lowest BCUT2D eigenvalue weighted by Gasteiger charge is -2.19. The van der Waals surface area contributed by atoms with Crippen LogP contribution in [0.5, 0.6) is 5.75 Å². The van der Waals surface area contributed by atoms with Crippen molar-refractivity contribution in [3.05, 3.63) is 64.2 Å². The summed E-state index contributed by atoms with van der Waals surface area (Å²) in [5.74, 6) is -1.12. The minimum Gasteiger partial charge on any atom is -0.489 e. The van der Waals surface area contributed by atoms with Crippen LogP contribution in [0.4, 0.5) is 0 Å². The summed E-state index contributed by atoms with van der Waals surface area (Å²) in [7, 11) is 0. The van der Waals surface area contributed by atoms with Crippen molar-refractivity contribution >= 4 is 23.5 Å². The fourth-order valence-electron chi connectivity index (χ4n) is 3.07. The summed E-state index contributed by atoms with van der Waals surface area (Å²) in [5.41, 5.74) is 2.98. The second kappa shape index (κ2) is 7.79. The molecular formula is C20H20ClNO4. The van der Waals surface area contributed by atoms with E-state index in [0.29, 0.717) is 17.4 Å². The van der Waals surface area contributed by atoms with Crippen LogP contribution in [-0.2, 0) is 22.7 Å². The standard InChI is InChI=1S/C20H20ClNO4/c1-13-3-2-4-14(7-13)12-26-18-6-5-17(21)8-15(18)10-22-11-16(20(24)25)9-19(22)23/h2-8,16H,9-12H2,1H3,(H,24,25). The number of likely N-dealkylation sites (tertiary alicyclic amines) is 1. The van der Waals surface area contributed by atoms with Crippen molar-refractivity contribution in [1.82, 2.24) is 4.90 Å². The predicted octanol–water partition coefficient (Wildman–Crippen LogP) is 3.66. The molecule has 0 spiro atoms. The largest absolute Gasteiger partial charge is 0.489 e. The van der Waals surface area contributed by atoms with Crippen LogP contribution in [0.25, 0.3) is 0 Å². The average Bonchev–Trinajstić information content (AvgIpc) is 2.95. The number of nitrogens with zero attached hydrogens (tertiary/aromatic N) is 1. The van der Waals surface area contributed by atoms with Gasteiger partial charge in [-0.1, -0.05) is 41.4 Å². The molecule has 2 aromatic rings. The number of amides is 1. The van der Waals surface area contributed by atoms with E-state index in [1.807, 2.05) is 25.1 Å². The highest BCUT2D eigenvalue weighted by Gasteiger charge is 2.34. The van der Waals surface area contributed by atoms with Gasteiger partial charge in [0.1, 0.15) is 12.4 Å². The first-order chi connectivity index (χ1) is 12.4. The number of carboxylic acids is 1. The molecule has 0 aliphatic carbocycles. The number of carbonyl (C=O) groups excluding carboxylic acids is 1. The summed E-state index contributed by atoms with van der Waals surface area (Å²) >= 11 is 6.10. The molecule has 1 aliphatic heterocycles. The zero-order valence-corrected chi connectivity index (χ0v) is 15.2. The van der Waals surface area contributed by atoms with Crippen molar-refractivity contribution in [2.24, 2.45) is 5.92 Å². The van der Waals surface area contributed by atoms with Crippen LogP contribution >= 0.6 is 11.6 Å². The Morgan fingerprint density at radius 2 is 2.12 bits per heavy atom. The minimum atomic E-state index is -0.942. The van der Waals surface area contributed by atoms with E-state index in [0.717, 1.165) is 16.7 Å². The van der Waals surface area contributed by atoms with Gasteiger partial charge in [-0.05, 0) is 30.7 Å². The lowest BCUT2D eigenvalue weighted by Crippen LogP contribution is -2.26. The zero-order chi connectivity index (χ0) is 18.7. The zero-order valence-electron chi connectivity index (χ0n) is 14.4. The molecule has 2 aromatic carbocycles. The van der Waals surface area contributed by atoms with Gasteiger partial charge in [-0.3, -0.25) is 9.59 Å². The van der Waals surface area contributed by atoms with Crippen molar-refractivity contribution in [3.63, 3.8) is 0 Å². The molecule has 136 valence electrons. The SMILES string of the molecule is Cc1cccc(COc2ccc(Cl)cc2CN2CC(C(=O)O)CC2=O)c1. The summed E-state index contributed by atoms with van der Waals surface area (Å²) < 4.78 is 5.94. The van der Waals surface area contributed by atoms with E-state index in [4.69, 9.17) is 21.4 Å². The summed E-state index contributed by atoms with van der Waals surface area (Å²) in [6.07, 6.45) is 0.0371. The maximum absolute atomic E-state index is 12.1. The topological polar surface area (TPSA) is 66.8 Å². The van der Waals surface area contributed by atoms with E-state index in [-0.39, 0.29) is 25.4 Å². The highest BCUT2D eigenvalue weighted by Crippen LogP contribution is 2.28. The van der Waals surface area contributed by atoms with Gasteiger partial charge >= 0.3 is 5.97 Å². The van der Waals surface area contributed by atoms with Gasteiger partial charge in [-0.25, -0.2) is 0 Å². The number of aliphatic carboxylic acids is 1. The van der Waals surface area contributed by atoms with Crippen molar-refractivity contribution in [2.45, 2.75) is 26.5 Å². The van der Waals surface area contributed by atoms with E-state index in [2.05, 4.69) is 6.07 Å². The fourth-order valence-corrected chi connectivity index (χ4v) is 3.27. The van der Waals surface area contributed by atoms with Crippen LogP contribution < -0.4 is 4.74 Å². The highest BCUT2D eigenvalue weighted by atomic mass is 35.5. The highest BCUT2D eigenvalue weighted by molar-refractivity contribution is 6.30. The van der Waals surface area contributed by atoms with Crippen molar-refractivity contribution in [2.75, 3.05) is 6.54 Å². The van der Waals surface area contributed by atoms with Crippen LogP contribution in [0.2, 0.25) is 5.02 Å². The van der Waals surface area contributed by atoms with E-state index < -0.39 is 11.9 Å². The number of hydrogen-bond donors (Lipinski definition) is 1. The number of carbonyl (C=O) groups is 2. The molecule has 0 radical (unpaired) electrons. The summed E-state index contributed by atoms with van der Waals surface area (Å²) in [5, 5.41) is 9.67. The van der Waals surface area contributed by atoms with Crippen LogP contribution in [0.15, 0.2) is 42.5 Å². The number of halogens is 1. The number of carboxylic acid groups (broad SMARTS) is 1. The van der Waals surface area contributed by atoms with Crippen molar-refractivity contribution < 1.29 is 19.4 Å². The third kappa shape index (κ3) is 4.35. The Morgan fingerprint density at radius 3 is 2.81 bits per heavy atom. The number of benzene rings is 2. The van der Waals surface area contributed by atoms with Crippen molar-refractivity contribution in [1.29, 1.82) is 0 Å². The normalized spacial score (nSPS) is 16.8. The molecule has 1 N–H and O–H groups in total. The molecule has 1 aliphatic rings. The van der Waals surface area contributed by atoms with Crippen LogP contribution in [0.3, 0.4) is 0 Å². The predicted molar refractivity (Wildman–Crippen MR) is 98.1 cm³/mol. The van der Waals surface area contributed by atoms with Gasteiger partial charge in [0.05, 0.1) is 5.92 Å². The first-order valence-corrected chi connectivity index (χ1v) is 8.77. The van der Waals surface area contributed by atoms with Gasteiger partial charge in [0, 0.05) is 30.1 Å². The number of rotatable bonds is 6. The van der Waals surface area contributed by atoms with E-state index in [9.17, 15) is 9.59 Å². The van der Waals surface area contributed by atoms with Crippen LogP contribution in [0.1, 0.15) is 23.1 Å². The first-order valence-electron chi connectivity index (χ1n) is 8.39. The van der Waals surface area contributed by atoms with Gasteiger partial charge in [0.15, 0.2) is 0 Å². The fraction of sp³-hybridized carbons (Fsp3) is 0.300. The molecule has 3 rings (SSSR count). The molecule has 5 nitrogen and oxygen atoms in total. The first kappa shape index (κ1) is 18.3. The molecule has 1 heterocycles. The molecule has 0 aromatic heterocycles. The molecule has 1 atom stereocenters. The second-order valence-electron chi connectivity index (χ2n) is 6.54. The molecule has 1 saturated heterocycles. The maximum Gasteiger partial charge on any atom is 0.308 e. The molecule has 6 heteroatoms. The lowest BCUT2D eigenvalue weighted by atomic mass is 10.1. The number of hydrogen-bond acceptors (Lipinski definition) is 3. The average molecular weight is 374 g/mol. The molecule has 1 unspecified atom stereocenters. The monoisotopic (exact) mass is 373 g/mol. The van der Waals surface area contributed by atoms with Crippen molar-refractivity contribution in [3.8, 4) is 5.75 Å². The van der Waals surface area contributed by atoms with Gasteiger partial charge in [-0.2, -0.15) is 0 Å². The smallest absolute Gasteiger partial charge is 0.308 e. The Kier molecular flexibility index (Phi) is 5.47. The van der Waals surface area contributed by atoms with Crippen LogP contribution in [-0.4, -0.2) is 28.4 Å². The Morgan fingerprint density at radius 1 is 1.31 bits per heavy atom. The van der Waals surface area contributed by atoms with Crippen LogP contribution in [0, 0.1) is 12.8 Å². The number of ether oxygens (including phenoxy) is 1. The lowest BCUT2D eigenvalue weighted by molar-refractivity contribution is -0.141. The van der Waals surface area contributed by atoms with E-state index in [1.54, 1.807) is 23.1 Å². The van der Waals surface area contributed by atoms with E-state index >= 15 is 0 Å². The minimum absolute atomic E-state index is 0.0371. The summed E-state index contributed by atoms with van der Waals surface area (Å²) in [6.45, 7) is 2.92. The maximum atomic E-state index is 12.1. The van der Waals surface area contributed by atoms with E-state index in [1.165, 1.54) is 0 Å². The molecule has 1 fully saturated rings. The Hall–Kier alpha value is -2.53. The Bertz CT molecular complexity index is 836. The van der Waals surface area contributed by atoms with Gasteiger partial charge in [0.2, 0.25) is 5.91 Å². The molecule has 0 bridgehead atoms.